The molecule has 2 amide bonds. The van der Waals surface area contributed by atoms with E-state index in [-0.39, 0.29) is 37.2 Å². The second-order valence-corrected chi connectivity index (χ2v) is 10.2. The molecule has 35 heavy (non-hydrogen) atoms. The molecule has 0 bridgehead atoms. The first-order valence-electron chi connectivity index (χ1n) is 12.2. The Kier molecular flexibility index (Phi) is 8.90. The van der Waals surface area contributed by atoms with Crippen LogP contribution in [0.3, 0.4) is 0 Å². The number of amides is 2. The molecule has 7 nitrogen and oxygen atoms in total. The zero-order valence-corrected chi connectivity index (χ0v) is 20.8. The first kappa shape index (κ1) is 26.3. The Morgan fingerprint density at radius 2 is 1.57 bits per heavy atom. The molecule has 0 fully saturated rings. The Balaban J connectivity index is 1.41. The first-order valence-corrected chi connectivity index (χ1v) is 12.2. The fourth-order valence-corrected chi connectivity index (χ4v) is 4.49. The summed E-state index contributed by atoms with van der Waals surface area (Å²) in [7, 11) is 0. The van der Waals surface area contributed by atoms with Crippen molar-refractivity contribution in [1.29, 1.82) is 0 Å². The number of ether oxygens (including phenoxy) is 1. The molecule has 7 heteroatoms. The molecule has 1 unspecified atom stereocenters. The SMILES string of the molecule is CC(CCNC(=O)CC(C)(C)CNC(=O)OCC1c2ccccc2-c2ccccc21)CCC(=O)O. The van der Waals surface area contributed by atoms with Crippen LogP contribution in [0.15, 0.2) is 48.5 Å². The minimum Gasteiger partial charge on any atom is -0.481 e. The van der Waals surface area contributed by atoms with Gasteiger partial charge >= 0.3 is 12.1 Å². The third kappa shape index (κ3) is 7.57. The minimum absolute atomic E-state index is 0.00447. The molecule has 3 N–H and O–H groups in total. The third-order valence-electron chi connectivity index (χ3n) is 6.50. The van der Waals surface area contributed by atoms with E-state index >= 15 is 0 Å². The second kappa shape index (κ2) is 11.9. The zero-order chi connectivity index (χ0) is 25.4. The van der Waals surface area contributed by atoms with Gasteiger partial charge in [-0.1, -0.05) is 69.3 Å². The highest BCUT2D eigenvalue weighted by molar-refractivity contribution is 5.79. The number of hydrogen-bond acceptors (Lipinski definition) is 4. The zero-order valence-electron chi connectivity index (χ0n) is 20.8. The quantitative estimate of drug-likeness (QED) is 0.399. The molecule has 0 radical (unpaired) electrons. The summed E-state index contributed by atoms with van der Waals surface area (Å²) in [5.74, 6) is -0.652. The lowest BCUT2D eigenvalue weighted by Gasteiger charge is -2.24. The maximum Gasteiger partial charge on any atom is 0.407 e. The van der Waals surface area contributed by atoms with Crippen molar-refractivity contribution in [3.63, 3.8) is 0 Å². The molecule has 0 spiro atoms. The standard InChI is InChI=1S/C28H36N2O5/c1-19(12-13-26(32)33)14-15-29-25(31)16-28(2,3)18-30-27(34)35-17-24-22-10-6-4-8-20(22)21-9-5-7-11-23(21)24/h4-11,19,24H,12-18H2,1-3H3,(H,29,31)(H,30,34)(H,32,33). The number of aliphatic carboxylic acids is 1. The Labute approximate surface area is 207 Å². The van der Waals surface area contributed by atoms with Crippen molar-refractivity contribution in [1.82, 2.24) is 10.6 Å². The number of carbonyl (C=O) groups is 3. The number of carboxylic acids is 1. The highest BCUT2D eigenvalue weighted by Crippen LogP contribution is 2.44. The van der Waals surface area contributed by atoms with Gasteiger partial charge in [0.05, 0.1) is 0 Å². The van der Waals surface area contributed by atoms with Crippen molar-refractivity contribution in [3.8, 4) is 11.1 Å². The number of nitrogens with one attached hydrogen (secondary N) is 2. The topological polar surface area (TPSA) is 105 Å². The number of fused-ring (bicyclic) bond motifs is 3. The van der Waals surface area contributed by atoms with Crippen molar-refractivity contribution >= 4 is 18.0 Å². The monoisotopic (exact) mass is 480 g/mol. The van der Waals surface area contributed by atoms with Gasteiger partial charge in [-0.2, -0.15) is 0 Å². The molecular weight excluding hydrogens is 444 g/mol. The van der Waals surface area contributed by atoms with Crippen LogP contribution in [0.2, 0.25) is 0 Å². The van der Waals surface area contributed by atoms with Crippen LogP contribution in [0.25, 0.3) is 11.1 Å². The van der Waals surface area contributed by atoms with E-state index in [1.54, 1.807) is 0 Å². The van der Waals surface area contributed by atoms with Crippen LogP contribution in [-0.4, -0.2) is 42.8 Å². The summed E-state index contributed by atoms with van der Waals surface area (Å²) in [6.07, 6.45) is 1.25. The van der Waals surface area contributed by atoms with Crippen LogP contribution in [-0.2, 0) is 14.3 Å². The summed E-state index contributed by atoms with van der Waals surface area (Å²) in [4.78, 5) is 35.4. The summed E-state index contributed by atoms with van der Waals surface area (Å²) < 4.78 is 5.58. The number of carbonyl (C=O) groups excluding carboxylic acids is 2. The molecule has 0 saturated heterocycles. The van der Waals surface area contributed by atoms with Gasteiger partial charge in [0, 0.05) is 31.8 Å². The van der Waals surface area contributed by atoms with E-state index in [9.17, 15) is 14.4 Å². The van der Waals surface area contributed by atoms with Gasteiger partial charge in [0.1, 0.15) is 6.61 Å². The predicted octanol–water partition coefficient (Wildman–Crippen LogP) is 4.95. The van der Waals surface area contributed by atoms with Crippen LogP contribution in [0.1, 0.15) is 63.5 Å². The van der Waals surface area contributed by atoms with Gasteiger partial charge < -0.3 is 20.5 Å². The number of carboxylic acid groups (broad SMARTS) is 1. The normalized spacial score (nSPS) is 13.5. The van der Waals surface area contributed by atoms with Crippen LogP contribution in [0.5, 0.6) is 0 Å². The maximum absolute atomic E-state index is 12.4. The van der Waals surface area contributed by atoms with Crippen LogP contribution < -0.4 is 10.6 Å². The summed E-state index contributed by atoms with van der Waals surface area (Å²) in [6.45, 7) is 6.90. The largest absolute Gasteiger partial charge is 0.481 e. The summed E-state index contributed by atoms with van der Waals surface area (Å²) in [5.41, 5.74) is 4.25. The van der Waals surface area contributed by atoms with Crippen molar-refractivity contribution in [2.45, 2.75) is 52.4 Å². The molecule has 1 aliphatic carbocycles. The van der Waals surface area contributed by atoms with E-state index in [1.807, 2.05) is 45.0 Å². The highest BCUT2D eigenvalue weighted by atomic mass is 16.5. The predicted molar refractivity (Wildman–Crippen MR) is 135 cm³/mol. The first-order chi connectivity index (χ1) is 16.7. The fourth-order valence-electron chi connectivity index (χ4n) is 4.49. The van der Waals surface area contributed by atoms with Gasteiger partial charge in [-0.3, -0.25) is 9.59 Å². The van der Waals surface area contributed by atoms with Crippen molar-refractivity contribution < 1.29 is 24.2 Å². The summed E-state index contributed by atoms with van der Waals surface area (Å²) in [5, 5.41) is 14.5. The van der Waals surface area contributed by atoms with Gasteiger partial charge in [-0.05, 0) is 46.4 Å². The fraction of sp³-hybridized carbons (Fsp3) is 0.464. The number of benzene rings is 2. The smallest absolute Gasteiger partial charge is 0.407 e. The average molecular weight is 481 g/mol. The molecule has 1 aliphatic rings. The molecule has 3 rings (SSSR count). The van der Waals surface area contributed by atoms with E-state index in [1.165, 1.54) is 11.1 Å². The molecule has 188 valence electrons. The van der Waals surface area contributed by atoms with Crippen molar-refractivity contribution in [2.24, 2.45) is 11.3 Å². The minimum atomic E-state index is -0.800. The Morgan fingerprint density at radius 3 is 2.17 bits per heavy atom. The number of rotatable bonds is 12. The van der Waals surface area contributed by atoms with Gasteiger partial charge in [0.15, 0.2) is 0 Å². The lowest BCUT2D eigenvalue weighted by atomic mass is 9.89. The van der Waals surface area contributed by atoms with Crippen LogP contribution >= 0.6 is 0 Å². The second-order valence-electron chi connectivity index (χ2n) is 10.2. The lowest BCUT2D eigenvalue weighted by Crippen LogP contribution is -2.38. The van der Waals surface area contributed by atoms with Gasteiger partial charge in [-0.25, -0.2) is 4.79 Å². The summed E-state index contributed by atoms with van der Waals surface area (Å²) >= 11 is 0. The van der Waals surface area contributed by atoms with E-state index < -0.39 is 17.5 Å². The average Bonchev–Trinajstić information content (AvgIpc) is 3.13. The number of alkyl carbamates (subject to hydrolysis) is 1. The third-order valence-corrected chi connectivity index (χ3v) is 6.50. The lowest BCUT2D eigenvalue weighted by molar-refractivity contribution is -0.137. The molecular formula is C28H36N2O5. The Hall–Kier alpha value is -3.35. The van der Waals surface area contributed by atoms with E-state index in [4.69, 9.17) is 9.84 Å². The van der Waals surface area contributed by atoms with Crippen LogP contribution in [0.4, 0.5) is 4.79 Å². The Morgan fingerprint density at radius 1 is 0.971 bits per heavy atom. The van der Waals surface area contributed by atoms with Gasteiger partial charge in [-0.15, -0.1) is 0 Å². The summed E-state index contributed by atoms with van der Waals surface area (Å²) in [6, 6.07) is 16.4. The van der Waals surface area contributed by atoms with Gasteiger partial charge in [0.25, 0.3) is 0 Å². The van der Waals surface area contributed by atoms with Crippen molar-refractivity contribution in [2.75, 3.05) is 19.7 Å². The van der Waals surface area contributed by atoms with E-state index in [2.05, 4.69) is 34.9 Å². The molecule has 0 aliphatic heterocycles. The molecule has 1 atom stereocenters. The van der Waals surface area contributed by atoms with Crippen LogP contribution in [0, 0.1) is 11.3 Å². The molecule has 2 aromatic rings. The van der Waals surface area contributed by atoms with Crippen molar-refractivity contribution in [3.05, 3.63) is 59.7 Å². The van der Waals surface area contributed by atoms with E-state index in [0.29, 0.717) is 19.5 Å². The molecule has 0 heterocycles. The molecule has 0 aromatic heterocycles. The number of hydrogen-bond donors (Lipinski definition) is 3. The van der Waals surface area contributed by atoms with E-state index in [0.717, 1.165) is 17.5 Å². The highest BCUT2D eigenvalue weighted by Gasteiger charge is 2.29. The maximum atomic E-state index is 12.4. The molecule has 2 aromatic carbocycles. The molecule has 0 saturated carbocycles. The Bertz CT molecular complexity index is 1000. The van der Waals surface area contributed by atoms with Gasteiger partial charge in [0.2, 0.25) is 5.91 Å².